The Morgan fingerprint density at radius 2 is 1.76 bits per heavy atom. The van der Waals surface area contributed by atoms with E-state index in [4.69, 9.17) is 4.74 Å². The number of rotatable bonds is 9. The van der Waals surface area contributed by atoms with Crippen molar-refractivity contribution in [3.05, 3.63) is 69.1 Å². The van der Waals surface area contributed by atoms with Gasteiger partial charge in [0.05, 0.1) is 16.0 Å². The number of halogens is 1. The van der Waals surface area contributed by atoms with E-state index in [0.29, 0.717) is 24.4 Å². The summed E-state index contributed by atoms with van der Waals surface area (Å²) >= 11 is 0. The molecule has 0 aliphatic carbocycles. The van der Waals surface area contributed by atoms with Gasteiger partial charge in [0.25, 0.3) is 5.69 Å². The third-order valence-electron chi connectivity index (χ3n) is 6.71. The largest absolute Gasteiger partial charge is 0.491 e. The number of nitrogens with zero attached hydrogens (tertiary/aromatic N) is 4. The van der Waals surface area contributed by atoms with Crippen LogP contribution in [0.4, 0.5) is 10.5 Å². The Morgan fingerprint density at radius 1 is 1.13 bits per heavy atom. The van der Waals surface area contributed by atoms with Crippen molar-refractivity contribution in [2.75, 3.05) is 32.8 Å². The molecule has 2 heterocycles. The number of likely N-dealkylation sites (tertiary alicyclic amines) is 1. The van der Waals surface area contributed by atoms with E-state index in [1.807, 2.05) is 32.0 Å². The molecule has 11 nitrogen and oxygen atoms in total. The van der Waals surface area contributed by atoms with E-state index in [1.165, 1.54) is 28.8 Å². The number of carbonyl (C=O) groups is 1. The number of hydrogen-bond donors (Lipinski definition) is 2. The molecular weight excluding hydrogens is 514 g/mol. The summed E-state index contributed by atoms with van der Waals surface area (Å²) in [6.07, 6.45) is 1.02. The fraction of sp³-hybridized carbons (Fsp3) is 0.462. The number of aliphatic hydroxyl groups excluding tert-OH is 1. The molecule has 1 aromatic heterocycles. The number of aliphatic hydroxyl groups is 1. The quantitative estimate of drug-likeness (QED) is 0.310. The maximum atomic E-state index is 13.0. The average molecular weight is 548 g/mol. The SMILES string of the molecule is CC(C)n1c(=O)n(C(=O)NCC2CCN(CC(O)COc3ccc([N+](=O)[O-])cc3)CC2)c2ccccc21.Cl. The van der Waals surface area contributed by atoms with Crippen molar-refractivity contribution in [2.45, 2.75) is 38.8 Å². The van der Waals surface area contributed by atoms with E-state index >= 15 is 0 Å². The number of nitro groups is 1. The van der Waals surface area contributed by atoms with Gasteiger partial charge in [-0.3, -0.25) is 14.7 Å². The molecule has 1 unspecified atom stereocenters. The number of ether oxygens (including phenoxy) is 1. The van der Waals surface area contributed by atoms with Crippen LogP contribution in [0.2, 0.25) is 0 Å². The van der Waals surface area contributed by atoms with Crippen molar-refractivity contribution >= 4 is 35.2 Å². The van der Waals surface area contributed by atoms with Gasteiger partial charge in [-0.2, -0.15) is 0 Å². The molecule has 3 aromatic rings. The fourth-order valence-corrected chi connectivity index (χ4v) is 4.76. The van der Waals surface area contributed by atoms with Gasteiger partial charge in [-0.15, -0.1) is 12.4 Å². The monoisotopic (exact) mass is 547 g/mol. The van der Waals surface area contributed by atoms with Gasteiger partial charge in [-0.25, -0.2) is 14.2 Å². The van der Waals surface area contributed by atoms with Gasteiger partial charge in [0.1, 0.15) is 18.5 Å². The second-order valence-corrected chi connectivity index (χ2v) is 9.72. The number of fused-ring (bicyclic) bond motifs is 1. The molecule has 1 aliphatic rings. The number of hydrogen-bond acceptors (Lipinski definition) is 7. The Bertz CT molecular complexity index is 1300. The lowest BCUT2D eigenvalue weighted by atomic mass is 9.96. The Hall–Kier alpha value is -3.41. The summed E-state index contributed by atoms with van der Waals surface area (Å²) in [5.74, 6) is 0.748. The first-order chi connectivity index (χ1) is 17.7. The molecule has 0 saturated carbocycles. The molecule has 206 valence electrons. The molecule has 0 bridgehead atoms. The predicted molar refractivity (Wildman–Crippen MR) is 146 cm³/mol. The first kappa shape index (κ1) is 29.2. The van der Waals surface area contributed by atoms with Crippen LogP contribution in [0, 0.1) is 16.0 Å². The lowest BCUT2D eigenvalue weighted by molar-refractivity contribution is -0.384. The maximum Gasteiger partial charge on any atom is 0.337 e. The first-order valence-electron chi connectivity index (χ1n) is 12.5. The predicted octanol–water partition coefficient (Wildman–Crippen LogP) is 3.42. The third-order valence-corrected chi connectivity index (χ3v) is 6.71. The van der Waals surface area contributed by atoms with E-state index in [-0.39, 0.29) is 42.4 Å². The first-order valence-corrected chi connectivity index (χ1v) is 12.5. The number of imidazole rings is 1. The molecule has 12 heteroatoms. The van der Waals surface area contributed by atoms with Crippen molar-refractivity contribution in [3.8, 4) is 5.75 Å². The van der Waals surface area contributed by atoms with Crippen LogP contribution in [-0.4, -0.2) is 69.0 Å². The number of para-hydroxylation sites is 2. The molecule has 1 saturated heterocycles. The van der Waals surface area contributed by atoms with Gasteiger partial charge < -0.3 is 20.1 Å². The van der Waals surface area contributed by atoms with Crippen LogP contribution in [0.5, 0.6) is 5.75 Å². The molecule has 1 aliphatic heterocycles. The Labute approximate surface area is 226 Å². The van der Waals surface area contributed by atoms with Crippen LogP contribution in [0.25, 0.3) is 11.0 Å². The maximum absolute atomic E-state index is 13.0. The minimum Gasteiger partial charge on any atom is -0.491 e. The van der Waals surface area contributed by atoms with E-state index in [0.717, 1.165) is 31.4 Å². The second kappa shape index (κ2) is 12.9. The van der Waals surface area contributed by atoms with Gasteiger partial charge in [0, 0.05) is 31.3 Å². The highest BCUT2D eigenvalue weighted by atomic mass is 35.5. The molecule has 38 heavy (non-hydrogen) atoms. The van der Waals surface area contributed by atoms with Gasteiger partial charge >= 0.3 is 11.7 Å². The molecule has 1 amide bonds. The van der Waals surface area contributed by atoms with Gasteiger partial charge in [-0.05, 0) is 70.0 Å². The minimum atomic E-state index is -0.698. The summed E-state index contributed by atoms with van der Waals surface area (Å²) < 4.78 is 8.40. The van der Waals surface area contributed by atoms with Crippen LogP contribution < -0.4 is 15.7 Å². The summed E-state index contributed by atoms with van der Waals surface area (Å²) in [7, 11) is 0. The number of benzene rings is 2. The minimum absolute atomic E-state index is 0. The zero-order chi connectivity index (χ0) is 26.5. The van der Waals surface area contributed by atoms with E-state index in [2.05, 4.69) is 10.2 Å². The van der Waals surface area contributed by atoms with Crippen LogP contribution >= 0.6 is 12.4 Å². The van der Waals surface area contributed by atoms with E-state index < -0.39 is 17.1 Å². The number of amides is 1. The average Bonchev–Trinajstić information content (AvgIpc) is 3.19. The van der Waals surface area contributed by atoms with Crippen molar-refractivity contribution in [2.24, 2.45) is 5.92 Å². The van der Waals surface area contributed by atoms with Crippen LogP contribution in [0.1, 0.15) is 32.7 Å². The molecule has 1 fully saturated rings. The van der Waals surface area contributed by atoms with Crippen LogP contribution in [0.15, 0.2) is 53.3 Å². The van der Waals surface area contributed by atoms with E-state index in [9.17, 15) is 24.8 Å². The number of nitro benzene ring substituents is 1. The second-order valence-electron chi connectivity index (χ2n) is 9.72. The molecule has 4 rings (SSSR count). The number of piperidine rings is 1. The van der Waals surface area contributed by atoms with Crippen LogP contribution in [0.3, 0.4) is 0 Å². The van der Waals surface area contributed by atoms with Crippen molar-refractivity contribution in [1.82, 2.24) is 19.4 Å². The lowest BCUT2D eigenvalue weighted by Crippen LogP contribution is -2.44. The highest BCUT2D eigenvalue weighted by Crippen LogP contribution is 2.20. The number of nitrogens with one attached hydrogen (secondary N) is 1. The van der Waals surface area contributed by atoms with E-state index in [1.54, 1.807) is 10.6 Å². The normalized spacial score (nSPS) is 15.3. The highest BCUT2D eigenvalue weighted by molar-refractivity contribution is 5.89. The summed E-state index contributed by atoms with van der Waals surface area (Å²) in [5.41, 5.74) is 0.982. The Balaban J connectivity index is 0.00000400. The number of carbonyl (C=O) groups excluding carboxylic acids is 1. The smallest absolute Gasteiger partial charge is 0.337 e. The number of aromatic nitrogens is 2. The topological polar surface area (TPSA) is 132 Å². The summed E-state index contributed by atoms with van der Waals surface area (Å²) in [6.45, 7) is 6.42. The Morgan fingerprint density at radius 3 is 2.37 bits per heavy atom. The molecule has 2 aromatic carbocycles. The van der Waals surface area contributed by atoms with Gasteiger partial charge in [0.2, 0.25) is 0 Å². The molecule has 2 N–H and O–H groups in total. The fourth-order valence-electron chi connectivity index (χ4n) is 4.76. The van der Waals surface area contributed by atoms with Gasteiger partial charge in [-0.1, -0.05) is 12.1 Å². The van der Waals surface area contributed by atoms with Crippen molar-refractivity contribution in [1.29, 1.82) is 0 Å². The highest BCUT2D eigenvalue weighted by Gasteiger charge is 2.24. The summed E-state index contributed by atoms with van der Waals surface area (Å²) in [6, 6.07) is 12.6. The molecule has 1 atom stereocenters. The van der Waals surface area contributed by atoms with Crippen molar-refractivity contribution < 1.29 is 19.6 Å². The molecular formula is C26H34ClN5O6. The molecule has 0 radical (unpaired) electrons. The standard InChI is InChI=1S/C26H33N5O6.ClH/c1-18(2)29-23-5-3-4-6-24(23)30(26(29)34)25(33)27-15-19-11-13-28(14-12-19)16-21(32)17-37-22-9-7-20(8-10-22)31(35)36;/h3-10,18-19,21,32H,11-17H2,1-2H3,(H,27,33);1H. The zero-order valence-electron chi connectivity index (χ0n) is 21.5. The van der Waals surface area contributed by atoms with Crippen LogP contribution in [-0.2, 0) is 0 Å². The number of non-ortho nitro benzene ring substituents is 1. The number of β-amino-alcohol motifs (C(OH)–C–C–N with tert-alkyl or cyclic N) is 1. The summed E-state index contributed by atoms with van der Waals surface area (Å²) in [5, 5.41) is 24.0. The zero-order valence-corrected chi connectivity index (χ0v) is 22.3. The Kier molecular flexibility index (Phi) is 9.90. The molecule has 0 spiro atoms. The third kappa shape index (κ3) is 6.72. The van der Waals surface area contributed by atoms with Gasteiger partial charge in [0.15, 0.2) is 0 Å². The summed E-state index contributed by atoms with van der Waals surface area (Å²) in [4.78, 5) is 38.3. The van der Waals surface area contributed by atoms with Crippen molar-refractivity contribution in [3.63, 3.8) is 0 Å². The lowest BCUT2D eigenvalue weighted by Gasteiger charge is -2.33.